The summed E-state index contributed by atoms with van der Waals surface area (Å²) in [6.45, 7) is 22.0. The molecule has 588 valence electrons. The van der Waals surface area contributed by atoms with E-state index in [1.807, 2.05) is 170 Å². The van der Waals surface area contributed by atoms with Gasteiger partial charge in [0.15, 0.2) is 0 Å². The molecule has 10 N–H and O–H groups in total. The maximum atomic E-state index is 13.5. The quantitative estimate of drug-likeness (QED) is 0.0263. The molecule has 18 atom stereocenters. The van der Waals surface area contributed by atoms with Crippen LogP contribution < -0.4 is 30.4 Å². The Morgan fingerprint density at radius 3 is 1.31 bits per heavy atom. The van der Waals surface area contributed by atoms with Crippen molar-refractivity contribution in [3.05, 3.63) is 238 Å². The van der Waals surface area contributed by atoms with Crippen molar-refractivity contribution in [3.8, 4) is 0 Å². The molecule has 20 heteroatoms. The fourth-order valence-electron chi connectivity index (χ4n) is 19.1. The number of hydrogen-bond donors (Lipinski definition) is 8. The Kier molecular flexibility index (Phi) is 27.1. The highest BCUT2D eigenvalue weighted by atomic mass is 32.2. The molecule has 16 rings (SSSR count). The molecule has 6 aromatic carbocycles. The standard InChI is InChI=1S/C25H32N2O2S.C24H34N2O2S.C20H27NO3S.C19H29NO3S/c1-25(2)21-14-13-18(22(25)17-21)15-16-30(28,29)27-24(20-11-7-4-8-12-20)23(26)19-9-5-3-6-10-19;1-17(2)21-15-14-18(3)22(16-21)29(27,28)26-24(20-12-8-5-9-13-20)23(25)19-10-6-4-7-11-19;1-20(2)15-8-7-13(17(20)12-15)9-10-25(23,24)21-19-16-6-4-3-5-14(16)11-18(19)22;1-12(2)15-9-8-13(3)10-18(15)24(22,23)20-19-16-7-5-4-6-14(16)11-17(19)21/h3-13,21-24,27H,14-17,26H2,1-2H3;4-13,17-18,21-24,26H,14-16,25H2,1-3H3;3-7,15,17-19,21-22H,8-12H2,1-2H3;4-7,12-13,15,17-21H,8-11H2,1-3H3. The van der Waals surface area contributed by atoms with E-state index < -0.39 is 88.6 Å². The number of fused-ring (bicyclic) bond motifs is 4. The maximum absolute atomic E-state index is 13.5. The van der Waals surface area contributed by atoms with Crippen LogP contribution in [0.5, 0.6) is 0 Å². The lowest BCUT2D eigenvalue weighted by Crippen LogP contribution is -2.48. The normalized spacial score (nSPS) is 28.5. The van der Waals surface area contributed by atoms with Gasteiger partial charge < -0.3 is 21.7 Å². The number of nitrogens with one attached hydrogen (secondary N) is 4. The zero-order valence-electron chi connectivity index (χ0n) is 65.1. The minimum absolute atomic E-state index is 0.0981. The number of aliphatic hydroxyl groups is 2. The van der Waals surface area contributed by atoms with Gasteiger partial charge in [-0.2, -0.15) is 0 Å². The van der Waals surface area contributed by atoms with Crippen molar-refractivity contribution in [1.29, 1.82) is 0 Å². The zero-order valence-corrected chi connectivity index (χ0v) is 68.4. The van der Waals surface area contributed by atoms with Crippen LogP contribution in [-0.2, 0) is 52.9 Å². The number of allylic oxidation sites excluding steroid dienone is 4. The van der Waals surface area contributed by atoms with Crippen LogP contribution in [0.25, 0.3) is 0 Å². The first-order valence-electron chi connectivity index (χ1n) is 39.8. The van der Waals surface area contributed by atoms with Crippen LogP contribution in [0.15, 0.2) is 193 Å². The van der Waals surface area contributed by atoms with E-state index in [1.54, 1.807) is 0 Å². The molecule has 0 spiro atoms. The van der Waals surface area contributed by atoms with Gasteiger partial charge in [-0.3, -0.25) is 0 Å². The number of benzene rings is 6. The number of hydrogen-bond acceptors (Lipinski definition) is 12. The summed E-state index contributed by atoms with van der Waals surface area (Å²) in [5.74, 6) is 4.85. The molecule has 6 aromatic rings. The third-order valence-corrected chi connectivity index (χ3v) is 33.0. The second-order valence-electron chi connectivity index (χ2n) is 34.6. The minimum Gasteiger partial charge on any atom is -0.391 e. The summed E-state index contributed by atoms with van der Waals surface area (Å²) in [4.78, 5) is 0. The van der Waals surface area contributed by atoms with E-state index in [9.17, 15) is 43.9 Å². The van der Waals surface area contributed by atoms with Crippen LogP contribution in [0.1, 0.15) is 227 Å². The summed E-state index contributed by atoms with van der Waals surface area (Å²) in [5.41, 5.74) is 23.9. The van der Waals surface area contributed by atoms with Crippen LogP contribution in [0.2, 0.25) is 0 Å². The van der Waals surface area contributed by atoms with E-state index in [4.69, 9.17) is 11.5 Å². The lowest BCUT2D eigenvalue weighted by molar-refractivity contribution is -0.00775. The van der Waals surface area contributed by atoms with Gasteiger partial charge in [0.2, 0.25) is 40.1 Å². The highest BCUT2D eigenvalue weighted by molar-refractivity contribution is 7.90. The lowest BCUT2D eigenvalue weighted by atomic mass is 9.48. The van der Waals surface area contributed by atoms with Crippen molar-refractivity contribution in [3.63, 3.8) is 0 Å². The molecule has 10 aliphatic rings. The molecule has 0 amide bonds. The van der Waals surface area contributed by atoms with Gasteiger partial charge in [0.25, 0.3) is 0 Å². The third kappa shape index (κ3) is 19.6. The number of sulfonamides is 4. The van der Waals surface area contributed by atoms with E-state index in [2.05, 4.69) is 100 Å². The van der Waals surface area contributed by atoms with Gasteiger partial charge in [0, 0.05) is 12.8 Å². The second-order valence-corrected chi connectivity index (χ2v) is 42.2. The van der Waals surface area contributed by atoms with Crippen LogP contribution in [0.4, 0.5) is 0 Å². The van der Waals surface area contributed by atoms with Gasteiger partial charge in [-0.15, -0.1) is 0 Å². The molecule has 0 radical (unpaired) electrons. The molecule has 4 bridgehead atoms. The Hall–Kier alpha value is -5.72. The van der Waals surface area contributed by atoms with Gasteiger partial charge in [0.1, 0.15) is 0 Å². The van der Waals surface area contributed by atoms with Gasteiger partial charge in [-0.1, -0.05) is 269 Å². The van der Waals surface area contributed by atoms with Crippen LogP contribution in [0, 0.1) is 70.0 Å². The predicted molar refractivity (Wildman–Crippen MR) is 437 cm³/mol. The molecule has 0 aliphatic heterocycles. The Balaban J connectivity index is 0.000000144. The Morgan fingerprint density at radius 1 is 0.454 bits per heavy atom. The molecule has 0 heterocycles. The van der Waals surface area contributed by atoms with Crippen molar-refractivity contribution in [1.82, 2.24) is 18.9 Å². The van der Waals surface area contributed by atoms with E-state index in [0.29, 0.717) is 78.4 Å². The monoisotopic (exact) mass is 1550 g/mol. The zero-order chi connectivity index (χ0) is 77.7. The first kappa shape index (κ1) is 83.2. The molecular formula is C88H122N6O10S4. The van der Waals surface area contributed by atoms with E-state index >= 15 is 0 Å². The molecule has 0 aromatic heterocycles. The third-order valence-electron chi connectivity index (χ3n) is 26.4. The smallest absolute Gasteiger partial charge is 0.215 e. The first-order valence-corrected chi connectivity index (χ1v) is 46.2. The Labute approximate surface area is 647 Å². The van der Waals surface area contributed by atoms with Crippen molar-refractivity contribution < 1.29 is 43.9 Å². The van der Waals surface area contributed by atoms with Crippen molar-refractivity contribution in [2.45, 2.75) is 218 Å². The molecule has 18 unspecified atom stereocenters. The summed E-state index contributed by atoms with van der Waals surface area (Å²) >= 11 is 0. The number of aliphatic hydroxyl groups excluding tert-OH is 2. The average Bonchev–Trinajstić information content (AvgIpc) is 0.967. The first-order chi connectivity index (χ1) is 51.1. The number of rotatable bonds is 24. The summed E-state index contributed by atoms with van der Waals surface area (Å²) in [5, 5.41) is 19.9. The van der Waals surface area contributed by atoms with Crippen LogP contribution in [-0.4, -0.2) is 78.1 Å². The van der Waals surface area contributed by atoms with E-state index in [0.717, 1.165) is 101 Å². The van der Waals surface area contributed by atoms with Crippen molar-refractivity contribution >= 4 is 40.1 Å². The highest BCUT2D eigenvalue weighted by Gasteiger charge is 2.53. The highest BCUT2D eigenvalue weighted by Crippen LogP contribution is 2.61. The Morgan fingerprint density at radius 2 is 0.870 bits per heavy atom. The molecule has 4 saturated carbocycles. The summed E-state index contributed by atoms with van der Waals surface area (Å²) < 4.78 is 116. The van der Waals surface area contributed by atoms with Crippen LogP contribution in [0.3, 0.4) is 0 Å². The van der Waals surface area contributed by atoms with E-state index in [1.165, 1.54) is 24.0 Å². The molecule has 10 aliphatic carbocycles. The predicted octanol–water partition coefficient (Wildman–Crippen LogP) is 15.5. The Bertz CT molecular complexity index is 4510. The summed E-state index contributed by atoms with van der Waals surface area (Å²) in [7, 11) is -13.9. The van der Waals surface area contributed by atoms with Crippen molar-refractivity contribution in [2.24, 2.45) is 81.5 Å². The minimum atomic E-state index is -3.53. The molecule has 108 heavy (non-hydrogen) atoms. The van der Waals surface area contributed by atoms with E-state index in [-0.39, 0.29) is 33.8 Å². The second kappa shape index (κ2) is 35.1. The fraction of sp³-hybridized carbons (Fsp3) is 0.545. The molecule has 16 nitrogen and oxygen atoms in total. The molecule has 4 fully saturated rings. The fourth-order valence-corrected chi connectivity index (χ4v) is 26.0. The largest absolute Gasteiger partial charge is 0.391 e. The molecular weight excluding hydrogens is 1430 g/mol. The van der Waals surface area contributed by atoms with Crippen molar-refractivity contribution in [2.75, 3.05) is 11.5 Å². The topological polar surface area (TPSA) is 277 Å². The van der Waals surface area contributed by atoms with Gasteiger partial charge in [0.05, 0.1) is 70.5 Å². The number of nitrogens with two attached hydrogens (primary N) is 2. The van der Waals surface area contributed by atoms with Gasteiger partial charge in [-0.25, -0.2) is 52.6 Å². The summed E-state index contributed by atoms with van der Waals surface area (Å²) in [6, 6.07) is 51.0. The van der Waals surface area contributed by atoms with Crippen LogP contribution >= 0.6 is 0 Å². The molecule has 0 saturated heterocycles. The SMILES string of the molecule is CC(C)C1CCC(C)C(S(=O)(=O)NC(c2ccccc2)C(N)c2ccccc2)C1.CC1(C)C2CC=C(CCS(=O)(=O)NC(c3ccccc3)C(N)c3ccccc3)C1C2.CC1(C)C2CC=C(CCS(=O)(=O)NC3c4ccccc4CC3O)C1C2.CC1CCC(C(C)C)C(S(=O)(=O)NC2c3ccccc3CC2O)C1. The van der Waals surface area contributed by atoms with Gasteiger partial charge >= 0.3 is 0 Å². The van der Waals surface area contributed by atoms with Gasteiger partial charge in [-0.05, 0) is 185 Å². The lowest BCUT2D eigenvalue weighted by Gasteiger charge is -2.56. The maximum Gasteiger partial charge on any atom is 0.215 e. The average molecular weight is 1550 g/mol. The summed E-state index contributed by atoms with van der Waals surface area (Å²) in [6.07, 6.45) is 15.5.